The second-order valence-electron chi connectivity index (χ2n) is 3.35. The molecule has 0 bridgehead atoms. The average Bonchev–Trinajstić information content (AvgIpc) is 2.28. The normalized spacial score (nSPS) is 25.2. The summed E-state index contributed by atoms with van der Waals surface area (Å²) in [6.07, 6.45) is 1.71. The molecule has 0 aromatic rings. The zero-order chi connectivity index (χ0) is 8.97. The van der Waals surface area contributed by atoms with E-state index in [1.54, 1.807) is 0 Å². The van der Waals surface area contributed by atoms with E-state index in [-0.39, 0.29) is 5.91 Å². The molecule has 0 radical (unpaired) electrons. The third kappa shape index (κ3) is 2.21. The van der Waals surface area contributed by atoms with Crippen LogP contribution in [-0.4, -0.2) is 36.5 Å². The minimum atomic E-state index is 0.284. The zero-order valence-corrected chi connectivity index (χ0v) is 7.97. The lowest BCUT2D eigenvalue weighted by Gasteiger charge is -2.26. The van der Waals surface area contributed by atoms with E-state index in [0.717, 1.165) is 26.1 Å². The van der Waals surface area contributed by atoms with E-state index in [2.05, 4.69) is 12.2 Å². The monoisotopic (exact) mass is 170 g/mol. The van der Waals surface area contributed by atoms with Crippen LogP contribution in [0.5, 0.6) is 0 Å². The van der Waals surface area contributed by atoms with Gasteiger partial charge in [-0.2, -0.15) is 0 Å². The Kier molecular flexibility index (Phi) is 3.53. The van der Waals surface area contributed by atoms with Gasteiger partial charge in [-0.15, -0.1) is 0 Å². The lowest BCUT2D eigenvalue weighted by molar-refractivity contribution is -0.132. The fourth-order valence-electron chi connectivity index (χ4n) is 1.59. The van der Waals surface area contributed by atoms with Crippen LogP contribution in [0.25, 0.3) is 0 Å². The molecule has 0 saturated carbocycles. The second-order valence-corrected chi connectivity index (χ2v) is 3.35. The van der Waals surface area contributed by atoms with E-state index in [1.165, 1.54) is 0 Å². The third-order valence-corrected chi connectivity index (χ3v) is 2.35. The molecule has 1 fully saturated rings. The summed E-state index contributed by atoms with van der Waals surface area (Å²) in [5.41, 5.74) is 0. The van der Waals surface area contributed by atoms with Crippen LogP contribution in [0, 0.1) is 0 Å². The summed E-state index contributed by atoms with van der Waals surface area (Å²) in [4.78, 5) is 13.4. The van der Waals surface area contributed by atoms with Crippen molar-refractivity contribution < 1.29 is 4.79 Å². The molecule has 1 N–H and O–H groups in total. The summed E-state index contributed by atoms with van der Waals surface area (Å²) in [6, 6.07) is 0.361. The van der Waals surface area contributed by atoms with E-state index in [0.29, 0.717) is 12.5 Å². The fraction of sp³-hybridized carbons (Fsp3) is 0.889. The molecule has 1 aliphatic heterocycles. The predicted octanol–water partition coefficient (Wildman–Crippen LogP) is 0.607. The van der Waals surface area contributed by atoms with E-state index < -0.39 is 0 Å². The number of nitrogens with zero attached hydrogens (tertiary/aromatic N) is 1. The Labute approximate surface area is 74.1 Å². The van der Waals surface area contributed by atoms with Gasteiger partial charge in [-0.05, 0) is 19.9 Å². The minimum Gasteiger partial charge on any atom is -0.339 e. The second kappa shape index (κ2) is 4.45. The SMILES string of the molecule is CCC(=O)N1CCCNCC1C. The van der Waals surface area contributed by atoms with Crippen LogP contribution in [0.4, 0.5) is 0 Å². The molecule has 0 aromatic carbocycles. The van der Waals surface area contributed by atoms with Gasteiger partial charge in [-0.3, -0.25) is 4.79 Å². The van der Waals surface area contributed by atoms with Crippen molar-refractivity contribution in [1.82, 2.24) is 10.2 Å². The Morgan fingerprint density at radius 3 is 3.08 bits per heavy atom. The summed E-state index contributed by atoms with van der Waals surface area (Å²) in [7, 11) is 0. The largest absolute Gasteiger partial charge is 0.339 e. The lowest BCUT2D eigenvalue weighted by atomic mass is 10.2. The summed E-state index contributed by atoms with van der Waals surface area (Å²) in [5, 5.41) is 3.31. The van der Waals surface area contributed by atoms with Crippen molar-refractivity contribution in [2.24, 2.45) is 0 Å². The molecule has 3 nitrogen and oxygen atoms in total. The highest BCUT2D eigenvalue weighted by Crippen LogP contribution is 2.05. The van der Waals surface area contributed by atoms with Crippen molar-refractivity contribution in [3.63, 3.8) is 0 Å². The number of hydrogen-bond acceptors (Lipinski definition) is 2. The van der Waals surface area contributed by atoms with E-state index in [1.807, 2.05) is 11.8 Å². The van der Waals surface area contributed by atoms with Crippen molar-refractivity contribution in [2.75, 3.05) is 19.6 Å². The van der Waals surface area contributed by atoms with E-state index >= 15 is 0 Å². The first-order chi connectivity index (χ1) is 5.75. The van der Waals surface area contributed by atoms with Gasteiger partial charge < -0.3 is 10.2 Å². The van der Waals surface area contributed by atoms with E-state index in [4.69, 9.17) is 0 Å². The van der Waals surface area contributed by atoms with Gasteiger partial charge in [0.2, 0.25) is 5.91 Å². The molecule has 0 aliphatic carbocycles. The highest BCUT2D eigenvalue weighted by Gasteiger charge is 2.19. The third-order valence-electron chi connectivity index (χ3n) is 2.35. The molecule has 1 unspecified atom stereocenters. The first-order valence-corrected chi connectivity index (χ1v) is 4.76. The molecular formula is C9H18N2O. The number of amides is 1. The lowest BCUT2D eigenvalue weighted by Crippen LogP contribution is -2.41. The first-order valence-electron chi connectivity index (χ1n) is 4.76. The summed E-state index contributed by atoms with van der Waals surface area (Å²) < 4.78 is 0. The smallest absolute Gasteiger partial charge is 0.222 e. The predicted molar refractivity (Wildman–Crippen MR) is 49.0 cm³/mol. The van der Waals surface area contributed by atoms with Crippen molar-refractivity contribution in [3.8, 4) is 0 Å². The Morgan fingerprint density at radius 2 is 2.42 bits per heavy atom. The maximum Gasteiger partial charge on any atom is 0.222 e. The molecule has 1 rings (SSSR count). The van der Waals surface area contributed by atoms with Crippen molar-refractivity contribution in [2.45, 2.75) is 32.7 Å². The van der Waals surface area contributed by atoms with Crippen LogP contribution in [0.1, 0.15) is 26.7 Å². The van der Waals surface area contributed by atoms with Crippen LogP contribution in [-0.2, 0) is 4.79 Å². The molecule has 1 amide bonds. The van der Waals surface area contributed by atoms with Gasteiger partial charge in [0.05, 0.1) is 0 Å². The minimum absolute atomic E-state index is 0.284. The molecule has 1 saturated heterocycles. The Bertz CT molecular complexity index is 159. The molecule has 0 aromatic heterocycles. The Morgan fingerprint density at radius 1 is 1.67 bits per heavy atom. The molecule has 70 valence electrons. The quantitative estimate of drug-likeness (QED) is 0.625. The van der Waals surface area contributed by atoms with Crippen LogP contribution >= 0.6 is 0 Å². The molecule has 1 atom stereocenters. The Balaban J connectivity index is 2.52. The van der Waals surface area contributed by atoms with Gasteiger partial charge in [-0.25, -0.2) is 0 Å². The summed E-state index contributed by atoms with van der Waals surface area (Å²) in [6.45, 7) is 6.92. The maximum absolute atomic E-state index is 11.4. The fourth-order valence-corrected chi connectivity index (χ4v) is 1.59. The molecule has 1 heterocycles. The number of rotatable bonds is 1. The molecule has 12 heavy (non-hydrogen) atoms. The number of hydrogen-bond donors (Lipinski definition) is 1. The highest BCUT2D eigenvalue weighted by molar-refractivity contribution is 5.76. The van der Waals surface area contributed by atoms with Crippen LogP contribution in [0.3, 0.4) is 0 Å². The van der Waals surface area contributed by atoms with Gasteiger partial charge >= 0.3 is 0 Å². The maximum atomic E-state index is 11.4. The number of nitrogens with one attached hydrogen (secondary N) is 1. The topological polar surface area (TPSA) is 32.3 Å². The van der Waals surface area contributed by atoms with Crippen LogP contribution in [0.15, 0.2) is 0 Å². The van der Waals surface area contributed by atoms with Gasteiger partial charge in [-0.1, -0.05) is 6.92 Å². The number of carbonyl (C=O) groups is 1. The summed E-state index contributed by atoms with van der Waals surface area (Å²) >= 11 is 0. The van der Waals surface area contributed by atoms with Crippen molar-refractivity contribution >= 4 is 5.91 Å². The summed E-state index contributed by atoms with van der Waals surface area (Å²) in [5.74, 6) is 0.284. The van der Waals surface area contributed by atoms with Gasteiger partial charge in [0.1, 0.15) is 0 Å². The molecular weight excluding hydrogens is 152 g/mol. The van der Waals surface area contributed by atoms with Crippen molar-refractivity contribution in [3.05, 3.63) is 0 Å². The highest BCUT2D eigenvalue weighted by atomic mass is 16.2. The van der Waals surface area contributed by atoms with Crippen LogP contribution < -0.4 is 5.32 Å². The average molecular weight is 170 g/mol. The molecule has 1 aliphatic rings. The van der Waals surface area contributed by atoms with Gasteiger partial charge in [0, 0.05) is 25.6 Å². The number of carbonyl (C=O) groups excluding carboxylic acids is 1. The van der Waals surface area contributed by atoms with Crippen LogP contribution in [0.2, 0.25) is 0 Å². The van der Waals surface area contributed by atoms with Gasteiger partial charge in [0.15, 0.2) is 0 Å². The standard InChI is InChI=1S/C9H18N2O/c1-3-9(12)11-6-4-5-10-7-8(11)2/h8,10H,3-7H2,1-2H3. The molecule has 3 heteroatoms. The first kappa shape index (κ1) is 9.52. The zero-order valence-electron chi connectivity index (χ0n) is 7.97. The van der Waals surface area contributed by atoms with Gasteiger partial charge in [0.25, 0.3) is 0 Å². The molecule has 0 spiro atoms. The van der Waals surface area contributed by atoms with E-state index in [9.17, 15) is 4.79 Å². The Hall–Kier alpha value is -0.570. The van der Waals surface area contributed by atoms with Crippen molar-refractivity contribution in [1.29, 1.82) is 0 Å².